The van der Waals surface area contributed by atoms with Crippen molar-refractivity contribution >= 4 is 22.5 Å². The van der Waals surface area contributed by atoms with E-state index in [0.29, 0.717) is 18.7 Å². The molecule has 0 fully saturated rings. The fourth-order valence-electron chi connectivity index (χ4n) is 2.72. The molecule has 0 aliphatic carbocycles. The Hall–Kier alpha value is -2.79. The quantitative estimate of drug-likeness (QED) is 0.617. The molecule has 25 heavy (non-hydrogen) atoms. The number of para-hydroxylation sites is 1. The van der Waals surface area contributed by atoms with E-state index < -0.39 is 6.04 Å². The molecule has 130 valence electrons. The summed E-state index contributed by atoms with van der Waals surface area (Å²) in [7, 11) is 0. The van der Waals surface area contributed by atoms with Gasteiger partial charge in [0.25, 0.3) is 0 Å². The fourth-order valence-corrected chi connectivity index (χ4v) is 2.72. The van der Waals surface area contributed by atoms with E-state index in [2.05, 4.69) is 17.2 Å². The Labute approximate surface area is 147 Å². The Morgan fingerprint density at radius 3 is 2.72 bits per heavy atom. The number of aromatic amines is 1. The van der Waals surface area contributed by atoms with E-state index in [4.69, 9.17) is 10.5 Å². The summed E-state index contributed by atoms with van der Waals surface area (Å²) in [5.41, 5.74) is 8.90. The zero-order valence-electron chi connectivity index (χ0n) is 14.3. The average Bonchev–Trinajstić information content (AvgIpc) is 3.04. The van der Waals surface area contributed by atoms with Crippen LogP contribution in [0.4, 0.5) is 5.69 Å². The summed E-state index contributed by atoms with van der Waals surface area (Å²) in [5.74, 6) is 0.593. The molecule has 1 aromatic heterocycles. The van der Waals surface area contributed by atoms with Gasteiger partial charge in [0.2, 0.25) is 5.91 Å². The molecule has 3 rings (SSSR count). The number of anilines is 1. The van der Waals surface area contributed by atoms with Gasteiger partial charge in [-0.15, -0.1) is 0 Å². The van der Waals surface area contributed by atoms with Crippen molar-refractivity contribution in [3.05, 3.63) is 60.3 Å². The molecule has 0 spiro atoms. The van der Waals surface area contributed by atoms with E-state index in [1.165, 1.54) is 0 Å². The second kappa shape index (κ2) is 7.85. The molecule has 0 bridgehead atoms. The van der Waals surface area contributed by atoms with Gasteiger partial charge in [-0.25, -0.2) is 0 Å². The van der Waals surface area contributed by atoms with Gasteiger partial charge in [0.05, 0.1) is 12.6 Å². The topological polar surface area (TPSA) is 80.1 Å². The normalized spacial score (nSPS) is 12.1. The molecule has 1 amide bonds. The molecule has 5 nitrogen and oxygen atoms in total. The van der Waals surface area contributed by atoms with Gasteiger partial charge >= 0.3 is 0 Å². The summed E-state index contributed by atoms with van der Waals surface area (Å²) in [5, 5.41) is 3.96. The lowest BCUT2D eigenvalue weighted by atomic mass is 10.0. The monoisotopic (exact) mass is 337 g/mol. The maximum atomic E-state index is 12.4. The Kier molecular flexibility index (Phi) is 5.36. The van der Waals surface area contributed by atoms with Crippen LogP contribution in [0.1, 0.15) is 18.9 Å². The summed E-state index contributed by atoms with van der Waals surface area (Å²) >= 11 is 0. The zero-order chi connectivity index (χ0) is 17.6. The number of carbonyl (C=O) groups excluding carboxylic acids is 1. The molecule has 3 aromatic rings. The van der Waals surface area contributed by atoms with Gasteiger partial charge in [-0.3, -0.25) is 4.79 Å². The maximum Gasteiger partial charge on any atom is 0.241 e. The smallest absolute Gasteiger partial charge is 0.241 e. The second-order valence-corrected chi connectivity index (χ2v) is 6.03. The summed E-state index contributed by atoms with van der Waals surface area (Å²) in [4.78, 5) is 15.6. The minimum Gasteiger partial charge on any atom is -0.494 e. The first-order valence-electron chi connectivity index (χ1n) is 8.51. The number of aromatic nitrogens is 1. The highest BCUT2D eigenvalue weighted by atomic mass is 16.5. The number of nitrogens with two attached hydrogens (primary N) is 1. The first-order valence-corrected chi connectivity index (χ1v) is 8.51. The summed E-state index contributed by atoms with van der Waals surface area (Å²) in [6.07, 6.45) is 3.35. The minimum atomic E-state index is -0.616. The summed E-state index contributed by atoms with van der Waals surface area (Å²) in [6, 6.07) is 14.7. The van der Waals surface area contributed by atoms with Crippen LogP contribution in [0.25, 0.3) is 10.9 Å². The predicted molar refractivity (Wildman–Crippen MR) is 101 cm³/mol. The SMILES string of the molecule is CCCOc1ccc(NC(=O)[C@@H](N)Cc2c[nH]c3ccccc23)cc1. The van der Waals surface area contributed by atoms with Crippen molar-refractivity contribution in [2.24, 2.45) is 5.73 Å². The van der Waals surface area contributed by atoms with Crippen molar-refractivity contribution < 1.29 is 9.53 Å². The number of carbonyl (C=O) groups is 1. The molecule has 4 N–H and O–H groups in total. The summed E-state index contributed by atoms with van der Waals surface area (Å²) < 4.78 is 5.53. The molecule has 0 unspecified atom stereocenters. The van der Waals surface area contributed by atoms with Crippen LogP contribution < -0.4 is 15.8 Å². The molecule has 1 heterocycles. The van der Waals surface area contributed by atoms with Gasteiger partial charge in [-0.2, -0.15) is 0 Å². The standard InChI is InChI=1S/C20H23N3O2/c1-2-11-25-16-9-7-15(8-10-16)23-20(24)18(21)12-14-13-22-19-6-4-3-5-17(14)19/h3-10,13,18,22H,2,11-12,21H2,1H3,(H,23,24)/t18-/m0/s1. The molecule has 1 atom stereocenters. The number of ether oxygens (including phenoxy) is 1. The number of rotatable bonds is 7. The van der Waals surface area contributed by atoms with Crippen molar-refractivity contribution in [2.75, 3.05) is 11.9 Å². The minimum absolute atomic E-state index is 0.201. The van der Waals surface area contributed by atoms with Gasteiger partial charge in [-0.1, -0.05) is 25.1 Å². The highest BCUT2D eigenvalue weighted by molar-refractivity contribution is 5.95. The zero-order valence-corrected chi connectivity index (χ0v) is 14.3. The van der Waals surface area contributed by atoms with E-state index >= 15 is 0 Å². The number of hydrogen-bond acceptors (Lipinski definition) is 3. The largest absolute Gasteiger partial charge is 0.494 e. The third-order valence-corrected chi connectivity index (χ3v) is 4.05. The highest BCUT2D eigenvalue weighted by Gasteiger charge is 2.16. The van der Waals surface area contributed by atoms with Gasteiger partial charge in [-0.05, 0) is 48.7 Å². The Bertz CT molecular complexity index is 840. The van der Waals surface area contributed by atoms with Crippen molar-refractivity contribution in [3.63, 3.8) is 0 Å². The fraction of sp³-hybridized carbons (Fsp3) is 0.250. The van der Waals surface area contributed by atoms with E-state index in [-0.39, 0.29) is 5.91 Å². The van der Waals surface area contributed by atoms with Gasteiger partial charge in [0, 0.05) is 22.8 Å². The average molecular weight is 337 g/mol. The molecular formula is C20H23N3O2. The number of fused-ring (bicyclic) bond motifs is 1. The van der Waals surface area contributed by atoms with E-state index in [9.17, 15) is 4.79 Å². The number of benzene rings is 2. The van der Waals surface area contributed by atoms with Crippen LogP contribution >= 0.6 is 0 Å². The first kappa shape index (κ1) is 17.0. The van der Waals surface area contributed by atoms with Gasteiger partial charge in [0.15, 0.2) is 0 Å². The maximum absolute atomic E-state index is 12.4. The molecule has 5 heteroatoms. The lowest BCUT2D eigenvalue weighted by Gasteiger charge is -2.12. The number of H-pyrrole nitrogens is 1. The van der Waals surface area contributed by atoms with Crippen LogP contribution in [0, 0.1) is 0 Å². The molecule has 0 aliphatic heterocycles. The Morgan fingerprint density at radius 1 is 1.20 bits per heavy atom. The van der Waals surface area contributed by atoms with Crippen LogP contribution in [0.5, 0.6) is 5.75 Å². The van der Waals surface area contributed by atoms with Crippen molar-refractivity contribution in [2.45, 2.75) is 25.8 Å². The van der Waals surface area contributed by atoms with Crippen LogP contribution in [-0.4, -0.2) is 23.5 Å². The van der Waals surface area contributed by atoms with Crippen LogP contribution in [0.15, 0.2) is 54.7 Å². The predicted octanol–water partition coefficient (Wildman–Crippen LogP) is 3.47. The number of hydrogen-bond donors (Lipinski definition) is 3. The van der Waals surface area contributed by atoms with Crippen molar-refractivity contribution in [1.82, 2.24) is 4.98 Å². The van der Waals surface area contributed by atoms with E-state index in [0.717, 1.165) is 28.6 Å². The van der Waals surface area contributed by atoms with E-state index in [1.54, 1.807) is 0 Å². The molecule has 0 radical (unpaired) electrons. The first-order chi connectivity index (χ1) is 12.2. The number of amides is 1. The molecule has 0 saturated carbocycles. The van der Waals surface area contributed by atoms with Crippen LogP contribution in [0.3, 0.4) is 0 Å². The third kappa shape index (κ3) is 4.19. The summed E-state index contributed by atoms with van der Waals surface area (Å²) in [6.45, 7) is 2.74. The molecular weight excluding hydrogens is 314 g/mol. The molecule has 2 aromatic carbocycles. The molecule has 0 aliphatic rings. The van der Waals surface area contributed by atoms with Gasteiger partial charge in [0.1, 0.15) is 5.75 Å². The van der Waals surface area contributed by atoms with Crippen molar-refractivity contribution in [3.8, 4) is 5.75 Å². The van der Waals surface area contributed by atoms with E-state index in [1.807, 2.05) is 54.7 Å². The molecule has 0 saturated heterocycles. The Balaban J connectivity index is 1.60. The third-order valence-electron chi connectivity index (χ3n) is 4.05. The lowest BCUT2D eigenvalue weighted by molar-refractivity contribution is -0.117. The highest BCUT2D eigenvalue weighted by Crippen LogP contribution is 2.20. The second-order valence-electron chi connectivity index (χ2n) is 6.03. The lowest BCUT2D eigenvalue weighted by Crippen LogP contribution is -2.37. The Morgan fingerprint density at radius 2 is 1.96 bits per heavy atom. The van der Waals surface area contributed by atoms with Crippen molar-refractivity contribution in [1.29, 1.82) is 0 Å². The number of nitrogens with one attached hydrogen (secondary N) is 2. The van der Waals surface area contributed by atoms with Crippen LogP contribution in [0.2, 0.25) is 0 Å². The van der Waals surface area contributed by atoms with Gasteiger partial charge < -0.3 is 20.8 Å². The van der Waals surface area contributed by atoms with Crippen LogP contribution in [-0.2, 0) is 11.2 Å².